The molecule has 94 valence electrons. The molecule has 0 unspecified atom stereocenters. The molecule has 0 aliphatic rings. The number of hydrogen-bond acceptors (Lipinski definition) is 4. The third kappa shape index (κ3) is 4.44. The van der Waals surface area contributed by atoms with Crippen LogP contribution in [0, 0.1) is 0 Å². The maximum atomic E-state index is 11.9. The first kappa shape index (κ1) is 8.53. The van der Waals surface area contributed by atoms with Crippen LogP contribution in [-0.4, -0.2) is 37.0 Å². The van der Waals surface area contributed by atoms with Gasteiger partial charge in [-0.2, -0.15) is 0 Å². The van der Waals surface area contributed by atoms with Gasteiger partial charge in [-0.1, -0.05) is 13.8 Å². The molecule has 0 aliphatic carbocycles. The molecule has 0 aliphatic heterocycles. The molecule has 2 N–H and O–H groups in total. The van der Waals surface area contributed by atoms with Crippen LogP contribution < -0.4 is 5.73 Å². The van der Waals surface area contributed by atoms with Crippen LogP contribution in [0.25, 0.3) is 0 Å². The predicted molar refractivity (Wildman–Crippen MR) is 68.9 cm³/mol. The van der Waals surface area contributed by atoms with Crippen molar-refractivity contribution in [3.8, 4) is 0 Å². The SMILES string of the molecule is [2H]C([2H])(OC(=O)c1ccc(N)cc1)C([2H])([2H])N(CC)CC. The van der Waals surface area contributed by atoms with E-state index in [2.05, 4.69) is 0 Å². The van der Waals surface area contributed by atoms with Gasteiger partial charge in [0.05, 0.1) is 8.30 Å². The van der Waals surface area contributed by atoms with Crippen LogP contribution >= 0.6 is 0 Å². The Morgan fingerprint density at radius 1 is 1.35 bits per heavy atom. The Balaban J connectivity index is 2.93. The molecule has 0 heterocycles. The molecule has 0 atom stereocenters. The fraction of sp³-hybridized carbons (Fsp3) is 0.462. The lowest BCUT2D eigenvalue weighted by Crippen LogP contribution is -2.27. The van der Waals surface area contributed by atoms with E-state index in [1.807, 2.05) is 0 Å². The Morgan fingerprint density at radius 2 is 1.94 bits per heavy atom. The Hall–Kier alpha value is -1.55. The summed E-state index contributed by atoms with van der Waals surface area (Å²) in [6.45, 7) is -1.21. The minimum Gasteiger partial charge on any atom is -0.461 e. The number of rotatable bonds is 6. The van der Waals surface area contributed by atoms with Gasteiger partial charge in [-0.15, -0.1) is 0 Å². The molecule has 0 spiro atoms. The Bertz CT molecular complexity index is 487. The average Bonchev–Trinajstić information content (AvgIpc) is 2.39. The summed E-state index contributed by atoms with van der Waals surface area (Å²) in [6.07, 6.45) is 0. The lowest BCUT2D eigenvalue weighted by atomic mass is 10.2. The van der Waals surface area contributed by atoms with Crippen LogP contribution in [0.15, 0.2) is 24.3 Å². The number of carbonyl (C=O) groups is 1. The monoisotopic (exact) mass is 240 g/mol. The first-order valence-corrected chi connectivity index (χ1v) is 5.49. The smallest absolute Gasteiger partial charge is 0.338 e. The summed E-state index contributed by atoms with van der Waals surface area (Å²) in [6, 6.07) is 5.79. The number of nitrogens with zero attached hydrogens (tertiary/aromatic N) is 1. The molecule has 1 rings (SSSR count). The van der Waals surface area contributed by atoms with E-state index >= 15 is 0 Å². The summed E-state index contributed by atoms with van der Waals surface area (Å²) in [5, 5.41) is 0. The molecule has 0 bridgehead atoms. The first-order valence-electron chi connectivity index (χ1n) is 7.49. The topological polar surface area (TPSA) is 55.6 Å². The van der Waals surface area contributed by atoms with E-state index in [0.29, 0.717) is 18.8 Å². The van der Waals surface area contributed by atoms with Gasteiger partial charge in [-0.05, 0) is 37.4 Å². The van der Waals surface area contributed by atoms with Gasteiger partial charge >= 0.3 is 5.97 Å². The predicted octanol–water partition coefficient (Wildman–Crippen LogP) is 1.77. The van der Waals surface area contributed by atoms with Crippen molar-refractivity contribution in [1.29, 1.82) is 0 Å². The number of carbonyl (C=O) groups excluding carboxylic acids is 1. The molecule has 0 aromatic heterocycles. The third-order valence-corrected chi connectivity index (χ3v) is 2.26. The summed E-state index contributed by atoms with van der Waals surface area (Å²) < 4.78 is 36.1. The van der Waals surface area contributed by atoms with E-state index in [-0.39, 0.29) is 5.56 Å². The van der Waals surface area contributed by atoms with Gasteiger partial charge in [0.2, 0.25) is 0 Å². The normalized spacial score (nSPS) is 15.7. The highest BCUT2D eigenvalue weighted by Crippen LogP contribution is 2.06. The number of nitrogen functional groups attached to an aromatic ring is 1. The molecule has 4 nitrogen and oxygen atoms in total. The van der Waals surface area contributed by atoms with Gasteiger partial charge in [0.25, 0.3) is 0 Å². The largest absolute Gasteiger partial charge is 0.461 e. The lowest BCUT2D eigenvalue weighted by molar-refractivity contribution is 0.0466. The van der Waals surface area contributed by atoms with Crippen molar-refractivity contribution in [1.82, 2.24) is 4.90 Å². The number of hydrogen-bond donors (Lipinski definition) is 1. The summed E-state index contributed by atoms with van der Waals surface area (Å²) in [5.41, 5.74) is 6.09. The van der Waals surface area contributed by atoms with Crippen molar-refractivity contribution in [2.24, 2.45) is 0 Å². The van der Waals surface area contributed by atoms with E-state index < -0.39 is 19.0 Å². The quantitative estimate of drug-likeness (QED) is 0.608. The first-order chi connectivity index (χ1) is 9.65. The van der Waals surface area contributed by atoms with E-state index in [1.165, 1.54) is 29.2 Å². The second-order valence-corrected chi connectivity index (χ2v) is 3.40. The zero-order chi connectivity index (χ0) is 16.3. The summed E-state index contributed by atoms with van der Waals surface area (Å²) in [4.78, 5) is 13.2. The molecule has 0 fully saturated rings. The summed E-state index contributed by atoms with van der Waals surface area (Å²) >= 11 is 0. The molecule has 0 saturated heterocycles. The number of benzene rings is 1. The van der Waals surface area contributed by atoms with Gasteiger partial charge in [0, 0.05) is 14.9 Å². The highest BCUT2D eigenvalue weighted by atomic mass is 16.5. The second-order valence-electron chi connectivity index (χ2n) is 3.40. The minimum atomic E-state index is -2.78. The number of likely N-dealkylation sites (N-methyl/N-ethyl adjacent to an activating group) is 1. The molecule has 17 heavy (non-hydrogen) atoms. The molecular formula is C13H20N2O2. The fourth-order valence-electron chi connectivity index (χ4n) is 1.19. The lowest BCUT2D eigenvalue weighted by Gasteiger charge is -2.17. The van der Waals surface area contributed by atoms with Crippen LogP contribution in [0.5, 0.6) is 0 Å². The zero-order valence-corrected chi connectivity index (χ0v) is 10.1. The highest BCUT2D eigenvalue weighted by Gasteiger charge is 2.07. The van der Waals surface area contributed by atoms with E-state index in [0.717, 1.165) is 0 Å². The van der Waals surface area contributed by atoms with Crippen molar-refractivity contribution in [3.05, 3.63) is 29.8 Å². The number of nitrogens with two attached hydrogens (primary N) is 1. The van der Waals surface area contributed by atoms with Gasteiger partial charge in [0.1, 0.15) is 6.56 Å². The van der Waals surface area contributed by atoms with Crippen molar-refractivity contribution >= 4 is 11.7 Å². The number of anilines is 1. The molecule has 0 radical (unpaired) electrons. The molecule has 1 aromatic rings. The van der Waals surface area contributed by atoms with Crippen molar-refractivity contribution < 1.29 is 15.0 Å². The second kappa shape index (κ2) is 6.91. The Kier molecular flexibility index (Phi) is 3.47. The summed E-state index contributed by atoms with van der Waals surface area (Å²) in [7, 11) is 0. The summed E-state index contributed by atoms with van der Waals surface area (Å²) in [5.74, 6) is -0.934. The fourth-order valence-corrected chi connectivity index (χ4v) is 1.19. The third-order valence-electron chi connectivity index (χ3n) is 2.26. The van der Waals surface area contributed by atoms with Crippen LogP contribution in [0.4, 0.5) is 5.69 Å². The van der Waals surface area contributed by atoms with E-state index in [4.69, 9.17) is 16.0 Å². The average molecular weight is 240 g/mol. The van der Waals surface area contributed by atoms with Crippen molar-refractivity contribution in [2.75, 3.05) is 31.9 Å². The number of ether oxygens (including phenoxy) is 1. The molecule has 1 aromatic carbocycles. The van der Waals surface area contributed by atoms with E-state index in [9.17, 15) is 4.79 Å². The molecule has 4 heteroatoms. The highest BCUT2D eigenvalue weighted by molar-refractivity contribution is 5.89. The van der Waals surface area contributed by atoms with Crippen LogP contribution in [-0.2, 0) is 4.74 Å². The van der Waals surface area contributed by atoms with Crippen LogP contribution in [0.2, 0.25) is 0 Å². The standard InChI is InChI=1S/C13H20N2O2/c1-3-15(4-2)9-10-17-13(16)11-5-7-12(14)8-6-11/h5-8H,3-4,9-10,14H2,1-2H3/i9D2,10D2. The van der Waals surface area contributed by atoms with Gasteiger partial charge in [0.15, 0.2) is 0 Å². The number of esters is 1. The van der Waals surface area contributed by atoms with Crippen molar-refractivity contribution in [2.45, 2.75) is 13.8 Å². The zero-order valence-electron chi connectivity index (χ0n) is 14.1. The van der Waals surface area contributed by atoms with Gasteiger partial charge < -0.3 is 15.4 Å². The van der Waals surface area contributed by atoms with Crippen molar-refractivity contribution in [3.63, 3.8) is 0 Å². The van der Waals surface area contributed by atoms with Gasteiger partial charge in [-0.25, -0.2) is 4.79 Å². The molecule has 0 saturated carbocycles. The van der Waals surface area contributed by atoms with Gasteiger partial charge in [-0.3, -0.25) is 0 Å². The van der Waals surface area contributed by atoms with Crippen LogP contribution in [0.1, 0.15) is 29.7 Å². The maximum Gasteiger partial charge on any atom is 0.338 e. The Labute approximate surface area is 108 Å². The molecular weight excluding hydrogens is 216 g/mol. The van der Waals surface area contributed by atoms with E-state index in [1.54, 1.807) is 13.8 Å². The van der Waals surface area contributed by atoms with Crippen LogP contribution in [0.3, 0.4) is 0 Å². The maximum absolute atomic E-state index is 11.9. The Morgan fingerprint density at radius 3 is 2.47 bits per heavy atom. The molecule has 0 amide bonds. The minimum absolute atomic E-state index is 0.114.